The Hall–Kier alpha value is -0.470. The Morgan fingerprint density at radius 2 is 2.10 bits per heavy atom. The maximum atomic E-state index is 12.3. The Bertz CT molecular complexity index is 522. The molecule has 0 aliphatic heterocycles. The molecule has 1 aliphatic carbocycles. The zero-order chi connectivity index (χ0) is 15.1. The molecular formula is C14H24N2O3S2. The molecule has 0 radical (unpaired) electrons. The second-order valence-electron chi connectivity index (χ2n) is 5.27. The minimum atomic E-state index is -3.43. The molecule has 1 aromatic heterocycles. The van der Waals surface area contributed by atoms with E-state index in [0.29, 0.717) is 30.7 Å². The van der Waals surface area contributed by atoms with Crippen molar-refractivity contribution in [3.8, 4) is 0 Å². The first-order valence-corrected chi connectivity index (χ1v) is 9.82. The van der Waals surface area contributed by atoms with E-state index in [0.717, 1.165) is 17.7 Å². The molecule has 0 saturated heterocycles. The maximum absolute atomic E-state index is 12.3. The molecule has 2 N–H and O–H groups in total. The van der Waals surface area contributed by atoms with E-state index in [2.05, 4.69) is 10.0 Å². The van der Waals surface area contributed by atoms with Gasteiger partial charge in [0.1, 0.15) is 0 Å². The lowest BCUT2D eigenvalue weighted by Crippen LogP contribution is -2.30. The van der Waals surface area contributed by atoms with E-state index >= 15 is 0 Å². The molecule has 0 unspecified atom stereocenters. The molecule has 1 heterocycles. The van der Waals surface area contributed by atoms with Crippen molar-refractivity contribution in [1.82, 2.24) is 10.0 Å². The average molecular weight is 332 g/mol. The van der Waals surface area contributed by atoms with Gasteiger partial charge >= 0.3 is 0 Å². The lowest BCUT2D eigenvalue weighted by Gasteiger charge is -2.22. The third-order valence-electron chi connectivity index (χ3n) is 3.63. The van der Waals surface area contributed by atoms with Crippen molar-refractivity contribution in [2.45, 2.75) is 49.6 Å². The Balaban J connectivity index is 1.79. The molecule has 0 atom stereocenters. The summed E-state index contributed by atoms with van der Waals surface area (Å²) in [6, 6.07) is 1.65. The number of nitrogens with one attached hydrogen (secondary N) is 2. The summed E-state index contributed by atoms with van der Waals surface area (Å²) in [4.78, 5) is 1.21. The second kappa shape index (κ2) is 8.24. The highest BCUT2D eigenvalue weighted by atomic mass is 32.2. The third kappa shape index (κ3) is 5.03. The number of thiophene rings is 1. The number of hydrogen-bond acceptors (Lipinski definition) is 5. The Kier molecular flexibility index (Phi) is 6.63. The van der Waals surface area contributed by atoms with Crippen LogP contribution in [0.1, 0.15) is 37.0 Å². The summed E-state index contributed by atoms with van der Waals surface area (Å²) >= 11 is 1.45. The Labute approximate surface area is 131 Å². The van der Waals surface area contributed by atoms with Crippen molar-refractivity contribution in [3.63, 3.8) is 0 Å². The lowest BCUT2D eigenvalue weighted by atomic mass is 9.98. The molecule has 0 spiro atoms. The van der Waals surface area contributed by atoms with E-state index in [-0.39, 0.29) is 0 Å². The molecule has 5 nitrogen and oxygen atoms in total. The Morgan fingerprint density at radius 1 is 1.33 bits per heavy atom. The number of sulfonamides is 1. The topological polar surface area (TPSA) is 67.4 Å². The van der Waals surface area contributed by atoms with Gasteiger partial charge in [-0.15, -0.1) is 11.3 Å². The molecule has 1 aliphatic rings. The van der Waals surface area contributed by atoms with Crippen LogP contribution in [0, 0.1) is 0 Å². The third-order valence-corrected chi connectivity index (χ3v) is 6.23. The standard InChI is InChI=1S/C14H24N2O3S2/c1-15-11-13-14(7-10-20-13)21(17,18)16-8-9-19-12-5-3-2-4-6-12/h7,10,12,15-16H,2-6,8-9,11H2,1H3. The summed E-state index contributed by atoms with van der Waals surface area (Å²) in [5.41, 5.74) is 0. The maximum Gasteiger partial charge on any atom is 0.241 e. The smallest absolute Gasteiger partial charge is 0.241 e. The predicted molar refractivity (Wildman–Crippen MR) is 85.1 cm³/mol. The molecule has 120 valence electrons. The van der Waals surface area contributed by atoms with Gasteiger partial charge in [-0.2, -0.15) is 0 Å². The quantitative estimate of drug-likeness (QED) is 0.716. The molecule has 2 rings (SSSR count). The SMILES string of the molecule is CNCc1sccc1S(=O)(=O)NCCOC1CCCCC1. The van der Waals surface area contributed by atoms with Crippen LogP contribution < -0.4 is 10.0 Å². The van der Waals surface area contributed by atoms with E-state index in [4.69, 9.17) is 4.74 Å². The molecule has 1 saturated carbocycles. The summed E-state index contributed by atoms with van der Waals surface area (Å²) in [7, 11) is -1.63. The van der Waals surface area contributed by atoms with Crippen molar-refractivity contribution >= 4 is 21.4 Å². The van der Waals surface area contributed by atoms with Gasteiger partial charge in [-0.3, -0.25) is 0 Å². The first-order chi connectivity index (χ1) is 10.1. The van der Waals surface area contributed by atoms with Gasteiger partial charge in [0.25, 0.3) is 0 Å². The minimum absolute atomic E-state index is 0.309. The number of ether oxygens (including phenoxy) is 1. The van der Waals surface area contributed by atoms with Gasteiger partial charge in [0.15, 0.2) is 0 Å². The van der Waals surface area contributed by atoms with Gasteiger partial charge in [-0.1, -0.05) is 19.3 Å². The van der Waals surface area contributed by atoms with Crippen molar-refractivity contribution < 1.29 is 13.2 Å². The van der Waals surface area contributed by atoms with Gasteiger partial charge in [-0.05, 0) is 31.3 Å². The van der Waals surface area contributed by atoms with Crippen molar-refractivity contribution in [2.75, 3.05) is 20.2 Å². The highest BCUT2D eigenvalue weighted by Crippen LogP contribution is 2.22. The van der Waals surface area contributed by atoms with E-state index < -0.39 is 10.0 Å². The van der Waals surface area contributed by atoms with Crippen LogP contribution in [0.15, 0.2) is 16.3 Å². The molecule has 0 bridgehead atoms. The van der Waals surface area contributed by atoms with Crippen LogP contribution in [0.4, 0.5) is 0 Å². The van der Waals surface area contributed by atoms with Gasteiger partial charge < -0.3 is 10.1 Å². The lowest BCUT2D eigenvalue weighted by molar-refractivity contribution is 0.0321. The van der Waals surface area contributed by atoms with Crippen molar-refractivity contribution in [3.05, 3.63) is 16.3 Å². The van der Waals surface area contributed by atoms with Crippen LogP contribution in [-0.2, 0) is 21.3 Å². The molecule has 0 aromatic carbocycles. The normalized spacial score (nSPS) is 17.2. The first-order valence-electron chi connectivity index (χ1n) is 7.45. The zero-order valence-corrected chi connectivity index (χ0v) is 14.1. The summed E-state index contributed by atoms with van der Waals surface area (Å²) in [5, 5.41) is 4.79. The highest BCUT2D eigenvalue weighted by Gasteiger charge is 2.19. The molecule has 1 aromatic rings. The van der Waals surface area contributed by atoms with Gasteiger partial charge in [-0.25, -0.2) is 13.1 Å². The fourth-order valence-corrected chi connectivity index (χ4v) is 5.04. The van der Waals surface area contributed by atoms with Crippen molar-refractivity contribution in [1.29, 1.82) is 0 Å². The molecule has 0 amide bonds. The summed E-state index contributed by atoms with van der Waals surface area (Å²) in [6.07, 6.45) is 6.24. The summed E-state index contributed by atoms with van der Waals surface area (Å²) < 4.78 is 32.9. The molecule has 1 fully saturated rings. The van der Waals surface area contributed by atoms with Crippen molar-refractivity contribution in [2.24, 2.45) is 0 Å². The highest BCUT2D eigenvalue weighted by molar-refractivity contribution is 7.89. The monoisotopic (exact) mass is 332 g/mol. The van der Waals surface area contributed by atoms with E-state index in [1.165, 1.54) is 30.6 Å². The number of rotatable bonds is 8. The number of hydrogen-bond donors (Lipinski definition) is 2. The zero-order valence-electron chi connectivity index (χ0n) is 12.4. The van der Waals surface area contributed by atoms with Gasteiger partial charge in [0.05, 0.1) is 17.6 Å². The Morgan fingerprint density at radius 3 is 2.81 bits per heavy atom. The molecule has 21 heavy (non-hydrogen) atoms. The van der Waals surface area contributed by atoms with Crippen LogP contribution in [-0.4, -0.2) is 34.7 Å². The average Bonchev–Trinajstić information content (AvgIpc) is 2.94. The minimum Gasteiger partial charge on any atom is -0.377 e. The fraction of sp³-hybridized carbons (Fsp3) is 0.714. The summed E-state index contributed by atoms with van der Waals surface area (Å²) in [5.74, 6) is 0. The van der Waals surface area contributed by atoms with Crippen LogP contribution in [0.5, 0.6) is 0 Å². The van der Waals surface area contributed by atoms with Gasteiger partial charge in [0.2, 0.25) is 10.0 Å². The van der Waals surface area contributed by atoms with E-state index in [1.807, 2.05) is 7.05 Å². The molecule has 7 heteroatoms. The van der Waals surface area contributed by atoms with Gasteiger partial charge in [0, 0.05) is 18.0 Å². The predicted octanol–water partition coefficient (Wildman–Crippen LogP) is 2.10. The van der Waals surface area contributed by atoms with Crippen LogP contribution in [0.25, 0.3) is 0 Å². The largest absolute Gasteiger partial charge is 0.377 e. The molecular weight excluding hydrogens is 308 g/mol. The summed E-state index contributed by atoms with van der Waals surface area (Å²) in [6.45, 7) is 1.33. The second-order valence-corrected chi connectivity index (χ2v) is 8.00. The first kappa shape index (κ1) is 16.9. The van der Waals surface area contributed by atoms with E-state index in [9.17, 15) is 8.42 Å². The van der Waals surface area contributed by atoms with Crippen LogP contribution >= 0.6 is 11.3 Å². The van der Waals surface area contributed by atoms with Crippen LogP contribution in [0.3, 0.4) is 0 Å². The van der Waals surface area contributed by atoms with Crippen LogP contribution in [0.2, 0.25) is 0 Å². The fourth-order valence-electron chi connectivity index (χ4n) is 2.57. The van der Waals surface area contributed by atoms with E-state index in [1.54, 1.807) is 11.4 Å².